The van der Waals surface area contributed by atoms with Crippen molar-refractivity contribution in [3.63, 3.8) is 0 Å². The Kier molecular flexibility index (Phi) is 5.57. The summed E-state index contributed by atoms with van der Waals surface area (Å²) in [4.78, 5) is 39.8. The van der Waals surface area contributed by atoms with Crippen molar-refractivity contribution in [2.45, 2.75) is 38.8 Å². The van der Waals surface area contributed by atoms with E-state index in [0.717, 1.165) is 25.5 Å². The van der Waals surface area contributed by atoms with Gasteiger partial charge < -0.3 is 15.3 Å². The van der Waals surface area contributed by atoms with Gasteiger partial charge in [-0.3, -0.25) is 24.1 Å². The van der Waals surface area contributed by atoms with Crippen LogP contribution in [0.3, 0.4) is 0 Å². The fraction of sp³-hybridized carbons (Fsp3) is 0.381. The zero-order valence-electron chi connectivity index (χ0n) is 17.2. The molecule has 1 aromatic carbocycles. The highest BCUT2D eigenvalue weighted by Crippen LogP contribution is 2.26. The lowest BCUT2D eigenvalue weighted by molar-refractivity contribution is 0.0585. The second-order valence-corrected chi connectivity index (χ2v) is 7.94. The normalized spacial score (nSPS) is 18.1. The van der Waals surface area contributed by atoms with Gasteiger partial charge in [0.15, 0.2) is 11.4 Å². The fourth-order valence-electron chi connectivity index (χ4n) is 4.03. The third-order valence-corrected chi connectivity index (χ3v) is 5.84. The highest BCUT2D eigenvalue weighted by molar-refractivity contribution is 5.99. The number of pyridine rings is 1. The molecular formula is C21H21F3N4O4. The predicted molar refractivity (Wildman–Crippen MR) is 107 cm³/mol. The van der Waals surface area contributed by atoms with Crippen molar-refractivity contribution in [3.8, 4) is 5.75 Å². The van der Waals surface area contributed by atoms with Gasteiger partial charge in [0, 0.05) is 43.0 Å². The van der Waals surface area contributed by atoms with Crippen LogP contribution in [-0.4, -0.2) is 45.8 Å². The fourth-order valence-corrected chi connectivity index (χ4v) is 4.03. The Morgan fingerprint density at radius 2 is 1.88 bits per heavy atom. The molecule has 170 valence electrons. The second kappa shape index (κ2) is 8.21. The summed E-state index contributed by atoms with van der Waals surface area (Å²) in [5, 5.41) is 14.4. The van der Waals surface area contributed by atoms with Crippen molar-refractivity contribution in [1.29, 1.82) is 0 Å². The summed E-state index contributed by atoms with van der Waals surface area (Å²) in [6.45, 7) is 2.00. The second-order valence-electron chi connectivity index (χ2n) is 7.94. The first-order valence-electron chi connectivity index (χ1n) is 10.2. The highest BCUT2D eigenvalue weighted by Gasteiger charge is 2.37. The van der Waals surface area contributed by atoms with E-state index in [1.807, 2.05) is 6.92 Å². The van der Waals surface area contributed by atoms with E-state index in [1.54, 1.807) is 9.91 Å². The topological polar surface area (TPSA) is 94.9 Å². The zero-order chi connectivity index (χ0) is 23.2. The molecule has 2 aliphatic heterocycles. The summed E-state index contributed by atoms with van der Waals surface area (Å²) in [6.07, 6.45) is 3.63. The van der Waals surface area contributed by atoms with Crippen molar-refractivity contribution in [3.05, 3.63) is 62.8 Å². The van der Waals surface area contributed by atoms with Gasteiger partial charge in [-0.15, -0.1) is 0 Å². The number of aromatic nitrogens is 1. The quantitative estimate of drug-likeness (QED) is 0.744. The lowest BCUT2D eigenvalue weighted by Gasteiger charge is -2.43. The molecule has 0 saturated carbocycles. The Bertz CT molecular complexity index is 1140. The Morgan fingerprint density at radius 3 is 2.56 bits per heavy atom. The van der Waals surface area contributed by atoms with Crippen LogP contribution in [0.1, 0.15) is 52.6 Å². The minimum atomic E-state index is -1.19. The summed E-state index contributed by atoms with van der Waals surface area (Å²) in [6, 6.07) is 0.867. The molecular weight excluding hydrogens is 429 g/mol. The molecule has 2 amide bonds. The molecule has 2 aliphatic rings. The number of hydrogen-bond acceptors (Lipinski definition) is 5. The van der Waals surface area contributed by atoms with Crippen molar-refractivity contribution in [2.24, 2.45) is 0 Å². The molecule has 1 atom stereocenters. The zero-order valence-corrected chi connectivity index (χ0v) is 17.2. The van der Waals surface area contributed by atoms with Crippen molar-refractivity contribution in [1.82, 2.24) is 14.9 Å². The molecule has 0 spiro atoms. The van der Waals surface area contributed by atoms with Crippen molar-refractivity contribution >= 4 is 11.8 Å². The Morgan fingerprint density at radius 1 is 1.19 bits per heavy atom. The third kappa shape index (κ3) is 3.67. The van der Waals surface area contributed by atoms with Gasteiger partial charge in [-0.05, 0) is 26.2 Å². The molecule has 11 heteroatoms. The molecule has 3 heterocycles. The molecule has 1 fully saturated rings. The Labute approximate surface area is 180 Å². The molecule has 2 aromatic rings. The van der Waals surface area contributed by atoms with Crippen LogP contribution in [0.5, 0.6) is 5.75 Å². The number of carbonyl (C=O) groups is 2. The molecule has 32 heavy (non-hydrogen) atoms. The minimum absolute atomic E-state index is 0.0861. The van der Waals surface area contributed by atoms with Crippen molar-refractivity contribution < 1.29 is 27.9 Å². The number of aromatic hydroxyl groups is 1. The van der Waals surface area contributed by atoms with Crippen LogP contribution in [-0.2, 0) is 6.54 Å². The van der Waals surface area contributed by atoms with Crippen LogP contribution >= 0.6 is 0 Å². The Hall–Kier alpha value is -3.50. The molecule has 0 radical (unpaired) electrons. The summed E-state index contributed by atoms with van der Waals surface area (Å²) in [7, 11) is 0. The number of nitrogens with one attached hydrogen (secondary N) is 1. The molecule has 2 N–H and O–H groups in total. The number of benzene rings is 1. The number of hydrogen-bond donors (Lipinski definition) is 2. The van der Waals surface area contributed by atoms with Crippen LogP contribution in [0.25, 0.3) is 0 Å². The number of rotatable bonds is 3. The van der Waals surface area contributed by atoms with Crippen molar-refractivity contribution in [2.75, 3.05) is 18.2 Å². The average molecular weight is 450 g/mol. The first kappa shape index (κ1) is 21.7. The van der Waals surface area contributed by atoms with Gasteiger partial charge in [-0.2, -0.15) is 0 Å². The van der Waals surface area contributed by atoms with Gasteiger partial charge in [-0.1, -0.05) is 0 Å². The summed E-state index contributed by atoms with van der Waals surface area (Å²) in [5.41, 5.74) is -2.38. The number of fused-ring (bicyclic) bond motifs is 4. The maximum Gasteiger partial charge on any atom is 0.278 e. The van der Waals surface area contributed by atoms with E-state index in [1.165, 1.54) is 4.68 Å². The van der Waals surface area contributed by atoms with Gasteiger partial charge in [-0.25, -0.2) is 13.2 Å². The van der Waals surface area contributed by atoms with Gasteiger partial charge in [0.1, 0.15) is 29.7 Å². The van der Waals surface area contributed by atoms with E-state index in [4.69, 9.17) is 0 Å². The van der Waals surface area contributed by atoms with E-state index >= 15 is 0 Å². The average Bonchev–Trinajstić information content (AvgIpc) is 2.71. The van der Waals surface area contributed by atoms with Crippen LogP contribution in [0.15, 0.2) is 23.1 Å². The third-order valence-electron chi connectivity index (χ3n) is 5.84. The van der Waals surface area contributed by atoms with Gasteiger partial charge in [0.2, 0.25) is 5.43 Å². The number of nitrogens with zero attached hydrogens (tertiary/aromatic N) is 3. The molecule has 4 rings (SSSR count). The first-order chi connectivity index (χ1) is 15.2. The summed E-state index contributed by atoms with van der Waals surface area (Å²) < 4.78 is 42.0. The van der Waals surface area contributed by atoms with Crippen LogP contribution in [0, 0.1) is 17.5 Å². The van der Waals surface area contributed by atoms with E-state index in [2.05, 4.69) is 5.32 Å². The largest absolute Gasteiger partial charge is 0.502 e. The SMILES string of the molecule is C[C@H]1CCCCN2CN1C(=O)c1c(O)c(=O)c(C(=O)NCc3c(F)cc(F)cc3F)cn12. The van der Waals surface area contributed by atoms with E-state index in [9.17, 15) is 32.7 Å². The highest BCUT2D eigenvalue weighted by atomic mass is 19.1. The van der Waals surface area contributed by atoms with Crippen LogP contribution in [0.2, 0.25) is 0 Å². The smallest absolute Gasteiger partial charge is 0.278 e. The maximum absolute atomic E-state index is 13.8. The maximum atomic E-state index is 13.8. The van der Waals surface area contributed by atoms with Crippen LogP contribution in [0.4, 0.5) is 13.2 Å². The van der Waals surface area contributed by atoms with Gasteiger partial charge in [0.25, 0.3) is 11.8 Å². The molecule has 1 aromatic heterocycles. The Balaban J connectivity index is 1.68. The molecule has 8 nitrogen and oxygen atoms in total. The van der Waals surface area contributed by atoms with Crippen LogP contribution < -0.4 is 15.8 Å². The number of amides is 2. The minimum Gasteiger partial charge on any atom is -0.502 e. The lowest BCUT2D eigenvalue weighted by Crippen LogP contribution is -2.58. The van der Waals surface area contributed by atoms with Gasteiger partial charge >= 0.3 is 0 Å². The monoisotopic (exact) mass is 450 g/mol. The molecule has 0 unspecified atom stereocenters. The number of carbonyl (C=O) groups excluding carboxylic acids is 2. The lowest BCUT2D eigenvalue weighted by atomic mass is 10.1. The molecule has 0 aliphatic carbocycles. The predicted octanol–water partition coefficient (Wildman–Crippen LogP) is 1.82. The number of halogens is 3. The summed E-state index contributed by atoms with van der Waals surface area (Å²) >= 11 is 0. The first-order valence-corrected chi connectivity index (χ1v) is 10.2. The molecule has 1 saturated heterocycles. The van der Waals surface area contributed by atoms with Gasteiger partial charge in [0.05, 0.1) is 0 Å². The standard InChI is InChI=1S/C21H21F3N4O4/c1-11-4-2-3-5-26-10-27(11)21(32)17-19(30)18(29)14(9-28(17)26)20(31)25-8-13-15(23)6-12(22)7-16(13)24/h6-7,9,11,30H,2-5,8,10H2,1H3,(H,25,31)/t11-/m0/s1. The van der Waals surface area contributed by atoms with E-state index in [0.29, 0.717) is 18.7 Å². The van der Waals surface area contributed by atoms with E-state index in [-0.39, 0.29) is 18.4 Å². The molecule has 2 bridgehead atoms. The van der Waals surface area contributed by atoms with E-state index < -0.39 is 58.1 Å². The summed E-state index contributed by atoms with van der Waals surface area (Å²) in [5.74, 6) is -5.87.